The predicted molar refractivity (Wildman–Crippen MR) is 58.2 cm³/mol. The summed E-state index contributed by atoms with van der Waals surface area (Å²) in [4.78, 5) is 6.27. The Labute approximate surface area is 84.1 Å². The van der Waals surface area contributed by atoms with Gasteiger partial charge in [-0.05, 0) is 26.1 Å². The fourth-order valence-corrected chi connectivity index (χ4v) is 1.81. The molecule has 4 heteroatoms. The van der Waals surface area contributed by atoms with Crippen LogP contribution in [0.15, 0.2) is 18.5 Å². The SMILES string of the molecule is CN1CCC(Nc2ccncc2N)C1. The second-order valence-corrected chi connectivity index (χ2v) is 3.86. The zero-order valence-corrected chi connectivity index (χ0v) is 8.40. The summed E-state index contributed by atoms with van der Waals surface area (Å²) >= 11 is 0. The summed E-state index contributed by atoms with van der Waals surface area (Å²) in [6.45, 7) is 2.24. The van der Waals surface area contributed by atoms with Crippen LogP contribution in [0.2, 0.25) is 0 Å². The first-order chi connectivity index (χ1) is 6.75. The van der Waals surface area contributed by atoms with Gasteiger partial charge in [-0.1, -0.05) is 0 Å². The molecule has 76 valence electrons. The molecule has 1 saturated heterocycles. The predicted octanol–water partition coefficient (Wildman–Crippen LogP) is 0.780. The van der Waals surface area contributed by atoms with Gasteiger partial charge in [0.05, 0.1) is 17.6 Å². The number of nitrogens with zero attached hydrogens (tertiary/aromatic N) is 2. The minimum Gasteiger partial charge on any atom is -0.396 e. The maximum Gasteiger partial charge on any atom is 0.0736 e. The van der Waals surface area contributed by atoms with Gasteiger partial charge in [-0.25, -0.2) is 0 Å². The van der Waals surface area contributed by atoms with Gasteiger partial charge in [-0.15, -0.1) is 0 Å². The molecule has 0 bridgehead atoms. The van der Waals surface area contributed by atoms with Crippen LogP contribution in [0, 0.1) is 0 Å². The molecule has 14 heavy (non-hydrogen) atoms. The average Bonchev–Trinajstić information content (AvgIpc) is 2.56. The van der Waals surface area contributed by atoms with Crippen LogP contribution in [-0.4, -0.2) is 36.1 Å². The molecule has 0 spiro atoms. The maximum atomic E-state index is 5.79. The van der Waals surface area contributed by atoms with E-state index in [1.54, 1.807) is 12.4 Å². The highest BCUT2D eigenvalue weighted by atomic mass is 15.2. The smallest absolute Gasteiger partial charge is 0.0736 e. The van der Waals surface area contributed by atoms with Crippen molar-refractivity contribution < 1.29 is 0 Å². The Kier molecular flexibility index (Phi) is 2.54. The first-order valence-electron chi connectivity index (χ1n) is 4.90. The summed E-state index contributed by atoms with van der Waals surface area (Å²) in [6.07, 6.45) is 4.62. The lowest BCUT2D eigenvalue weighted by Crippen LogP contribution is -2.23. The van der Waals surface area contributed by atoms with E-state index in [1.165, 1.54) is 6.42 Å². The Bertz CT molecular complexity index is 313. The first-order valence-corrected chi connectivity index (χ1v) is 4.90. The summed E-state index contributed by atoms with van der Waals surface area (Å²) in [5, 5.41) is 3.43. The Balaban J connectivity index is 2.01. The van der Waals surface area contributed by atoms with Crippen molar-refractivity contribution in [1.29, 1.82) is 0 Å². The Morgan fingerprint density at radius 2 is 2.50 bits per heavy atom. The van der Waals surface area contributed by atoms with Crippen molar-refractivity contribution in [2.45, 2.75) is 12.5 Å². The van der Waals surface area contributed by atoms with Crippen LogP contribution < -0.4 is 11.1 Å². The zero-order valence-electron chi connectivity index (χ0n) is 8.40. The van der Waals surface area contributed by atoms with E-state index in [1.807, 2.05) is 6.07 Å². The molecule has 0 saturated carbocycles. The highest BCUT2D eigenvalue weighted by Crippen LogP contribution is 2.19. The minimum absolute atomic E-state index is 0.518. The molecule has 1 aromatic rings. The fraction of sp³-hybridized carbons (Fsp3) is 0.500. The van der Waals surface area contributed by atoms with Crippen molar-refractivity contribution >= 4 is 11.4 Å². The van der Waals surface area contributed by atoms with Gasteiger partial charge in [-0.3, -0.25) is 4.98 Å². The molecule has 2 heterocycles. The van der Waals surface area contributed by atoms with Gasteiger partial charge in [0.2, 0.25) is 0 Å². The summed E-state index contributed by atoms with van der Waals surface area (Å²) in [5.74, 6) is 0. The van der Waals surface area contributed by atoms with Crippen molar-refractivity contribution in [3.63, 3.8) is 0 Å². The van der Waals surface area contributed by atoms with Crippen LogP contribution in [0.3, 0.4) is 0 Å². The van der Waals surface area contributed by atoms with Crippen molar-refractivity contribution in [2.75, 3.05) is 31.2 Å². The molecule has 0 radical (unpaired) electrons. The van der Waals surface area contributed by atoms with Crippen molar-refractivity contribution in [2.24, 2.45) is 0 Å². The molecule has 2 rings (SSSR count). The van der Waals surface area contributed by atoms with Crippen LogP contribution in [-0.2, 0) is 0 Å². The molecule has 0 aliphatic carbocycles. The molecule has 0 amide bonds. The van der Waals surface area contributed by atoms with Gasteiger partial charge >= 0.3 is 0 Å². The molecule has 4 nitrogen and oxygen atoms in total. The number of aromatic nitrogens is 1. The van der Waals surface area contributed by atoms with Crippen LogP contribution in [0.4, 0.5) is 11.4 Å². The van der Waals surface area contributed by atoms with Gasteiger partial charge < -0.3 is 16.0 Å². The number of nitrogens with one attached hydrogen (secondary N) is 1. The topological polar surface area (TPSA) is 54.2 Å². The molecule has 0 aromatic carbocycles. The van der Waals surface area contributed by atoms with E-state index in [4.69, 9.17) is 5.73 Å². The van der Waals surface area contributed by atoms with E-state index < -0.39 is 0 Å². The van der Waals surface area contributed by atoms with Crippen LogP contribution in [0.1, 0.15) is 6.42 Å². The Hall–Kier alpha value is -1.29. The third kappa shape index (κ3) is 1.96. The maximum absolute atomic E-state index is 5.79. The minimum atomic E-state index is 0.518. The van der Waals surface area contributed by atoms with E-state index in [0.717, 1.165) is 24.5 Å². The van der Waals surface area contributed by atoms with Crippen LogP contribution in [0.5, 0.6) is 0 Å². The Morgan fingerprint density at radius 3 is 3.14 bits per heavy atom. The molecular weight excluding hydrogens is 176 g/mol. The second kappa shape index (κ2) is 3.84. The van der Waals surface area contributed by atoms with Gasteiger partial charge in [0.15, 0.2) is 0 Å². The molecule has 1 fully saturated rings. The van der Waals surface area contributed by atoms with E-state index in [9.17, 15) is 0 Å². The number of likely N-dealkylation sites (tertiary alicyclic amines) is 1. The highest BCUT2D eigenvalue weighted by Gasteiger charge is 2.19. The number of nitrogen functional groups attached to an aromatic ring is 1. The lowest BCUT2D eigenvalue weighted by Gasteiger charge is -2.15. The number of hydrogen-bond donors (Lipinski definition) is 2. The van der Waals surface area contributed by atoms with E-state index >= 15 is 0 Å². The standard InChI is InChI=1S/C10H16N4/c1-14-5-3-8(7-14)13-10-2-4-12-6-9(10)11/h2,4,6,8H,3,5,7,11H2,1H3,(H,12,13). The quantitative estimate of drug-likeness (QED) is 0.727. The monoisotopic (exact) mass is 192 g/mol. The molecule has 1 aliphatic rings. The molecule has 1 unspecified atom stereocenters. The van der Waals surface area contributed by atoms with Crippen LogP contribution >= 0.6 is 0 Å². The number of likely N-dealkylation sites (N-methyl/N-ethyl adjacent to an activating group) is 1. The third-order valence-corrected chi connectivity index (χ3v) is 2.60. The van der Waals surface area contributed by atoms with Crippen molar-refractivity contribution in [1.82, 2.24) is 9.88 Å². The molecule has 3 N–H and O–H groups in total. The van der Waals surface area contributed by atoms with Gasteiger partial charge in [0.1, 0.15) is 0 Å². The lowest BCUT2D eigenvalue weighted by molar-refractivity contribution is 0.414. The first kappa shape index (κ1) is 9.27. The van der Waals surface area contributed by atoms with E-state index in [-0.39, 0.29) is 0 Å². The summed E-state index contributed by atoms with van der Waals surface area (Å²) in [7, 11) is 2.14. The zero-order chi connectivity index (χ0) is 9.97. The molecule has 1 atom stereocenters. The highest BCUT2D eigenvalue weighted by molar-refractivity contribution is 5.64. The molecule has 1 aromatic heterocycles. The van der Waals surface area contributed by atoms with E-state index in [2.05, 4.69) is 22.2 Å². The van der Waals surface area contributed by atoms with Gasteiger partial charge in [0, 0.05) is 18.8 Å². The molecule has 1 aliphatic heterocycles. The number of nitrogens with two attached hydrogens (primary N) is 1. The number of hydrogen-bond acceptors (Lipinski definition) is 4. The third-order valence-electron chi connectivity index (χ3n) is 2.60. The second-order valence-electron chi connectivity index (χ2n) is 3.86. The van der Waals surface area contributed by atoms with Crippen LogP contribution in [0.25, 0.3) is 0 Å². The number of rotatable bonds is 2. The number of anilines is 2. The lowest BCUT2D eigenvalue weighted by atomic mass is 10.2. The van der Waals surface area contributed by atoms with Gasteiger partial charge in [0.25, 0.3) is 0 Å². The Morgan fingerprint density at radius 1 is 1.64 bits per heavy atom. The largest absolute Gasteiger partial charge is 0.396 e. The summed E-state index contributed by atoms with van der Waals surface area (Å²) in [6, 6.07) is 2.44. The van der Waals surface area contributed by atoms with Gasteiger partial charge in [-0.2, -0.15) is 0 Å². The summed E-state index contributed by atoms with van der Waals surface area (Å²) in [5.41, 5.74) is 7.52. The average molecular weight is 192 g/mol. The van der Waals surface area contributed by atoms with Crippen molar-refractivity contribution in [3.8, 4) is 0 Å². The summed E-state index contributed by atoms with van der Waals surface area (Å²) < 4.78 is 0. The fourth-order valence-electron chi connectivity index (χ4n) is 1.81. The number of pyridine rings is 1. The van der Waals surface area contributed by atoms with E-state index in [0.29, 0.717) is 6.04 Å². The van der Waals surface area contributed by atoms with Crippen molar-refractivity contribution in [3.05, 3.63) is 18.5 Å². The molecular formula is C10H16N4. The normalized spacial score (nSPS) is 22.5.